The number of hydrogen-bond donors (Lipinski definition) is 3. The van der Waals surface area contributed by atoms with Crippen LogP contribution in [0, 0.1) is 0 Å². The van der Waals surface area contributed by atoms with Crippen molar-refractivity contribution in [3.8, 4) is 0 Å². The molecule has 1 aliphatic heterocycles. The first-order valence-electron chi connectivity index (χ1n) is 13.0. The Morgan fingerprint density at radius 3 is 2.06 bits per heavy atom. The lowest BCUT2D eigenvalue weighted by Crippen LogP contribution is -2.38. The molecule has 33 heavy (non-hydrogen) atoms. The summed E-state index contributed by atoms with van der Waals surface area (Å²) >= 11 is 0. The van der Waals surface area contributed by atoms with Crippen molar-refractivity contribution in [1.29, 1.82) is 0 Å². The molecule has 1 aromatic heterocycles. The number of unbranched alkanes of at least 4 members (excludes halogenated alkanes) is 13. The Kier molecular flexibility index (Phi) is 13.6. The molecule has 4 atom stereocenters. The maximum atomic E-state index is 12.2. The molecule has 8 heteroatoms. The number of aliphatic hydroxyl groups excluding tert-OH is 2. The van der Waals surface area contributed by atoms with E-state index in [4.69, 9.17) is 15.2 Å². The van der Waals surface area contributed by atoms with Gasteiger partial charge in [0, 0.05) is 12.8 Å². The van der Waals surface area contributed by atoms with E-state index in [2.05, 4.69) is 11.9 Å². The number of nitrogen functional groups attached to an aromatic ring is 1. The summed E-state index contributed by atoms with van der Waals surface area (Å²) in [6, 6.07) is 1.49. The van der Waals surface area contributed by atoms with E-state index in [0.29, 0.717) is 6.61 Å². The molecule has 1 fully saturated rings. The molecule has 0 saturated carbocycles. The number of aliphatic hydroxyl groups is 2. The highest BCUT2D eigenvalue weighted by Gasteiger charge is 2.45. The lowest BCUT2D eigenvalue weighted by molar-refractivity contribution is -0.0748. The summed E-state index contributed by atoms with van der Waals surface area (Å²) in [7, 11) is 0. The van der Waals surface area contributed by atoms with Crippen LogP contribution in [0.3, 0.4) is 0 Å². The van der Waals surface area contributed by atoms with Gasteiger partial charge in [-0.1, -0.05) is 90.4 Å². The van der Waals surface area contributed by atoms with Crippen LogP contribution in [-0.4, -0.2) is 51.3 Å². The SMILES string of the molecule is CCCCCCCCCCCCCCCCO[C@@H]1[C@@H](O)[C@@H](CO)O[C@H]1n1ccc(N)nc1=O. The van der Waals surface area contributed by atoms with E-state index in [1.165, 1.54) is 93.9 Å². The van der Waals surface area contributed by atoms with Crippen LogP contribution in [0.15, 0.2) is 17.1 Å². The molecule has 1 saturated heterocycles. The van der Waals surface area contributed by atoms with E-state index < -0.39 is 30.2 Å². The molecule has 1 aromatic rings. The number of ether oxygens (including phenoxy) is 2. The van der Waals surface area contributed by atoms with Gasteiger partial charge in [0.25, 0.3) is 0 Å². The zero-order valence-electron chi connectivity index (χ0n) is 20.4. The van der Waals surface area contributed by atoms with Crippen LogP contribution < -0.4 is 11.4 Å². The van der Waals surface area contributed by atoms with Crippen molar-refractivity contribution >= 4 is 5.82 Å². The lowest BCUT2D eigenvalue weighted by Gasteiger charge is -2.22. The van der Waals surface area contributed by atoms with Crippen molar-refractivity contribution in [1.82, 2.24) is 9.55 Å². The van der Waals surface area contributed by atoms with Crippen molar-refractivity contribution in [2.24, 2.45) is 0 Å². The molecular formula is C25H45N3O5. The molecule has 0 spiro atoms. The van der Waals surface area contributed by atoms with Crippen LogP contribution in [0.4, 0.5) is 5.82 Å². The van der Waals surface area contributed by atoms with Gasteiger partial charge >= 0.3 is 5.69 Å². The third-order valence-electron chi connectivity index (χ3n) is 6.43. The molecule has 0 unspecified atom stereocenters. The molecule has 0 aliphatic carbocycles. The summed E-state index contributed by atoms with van der Waals surface area (Å²) in [5, 5.41) is 19.9. The molecule has 0 amide bonds. The fraction of sp³-hybridized carbons (Fsp3) is 0.840. The first-order valence-corrected chi connectivity index (χ1v) is 13.0. The van der Waals surface area contributed by atoms with Crippen LogP contribution in [0.25, 0.3) is 0 Å². The Balaban J connectivity index is 1.57. The lowest BCUT2D eigenvalue weighted by atomic mass is 10.0. The van der Waals surface area contributed by atoms with Gasteiger partial charge in [-0.2, -0.15) is 4.98 Å². The number of rotatable bonds is 18. The maximum Gasteiger partial charge on any atom is 0.351 e. The molecular weight excluding hydrogens is 422 g/mol. The Labute approximate surface area is 198 Å². The highest BCUT2D eigenvalue weighted by molar-refractivity contribution is 5.23. The number of hydrogen-bond acceptors (Lipinski definition) is 7. The molecule has 1 aliphatic rings. The van der Waals surface area contributed by atoms with Crippen molar-refractivity contribution in [3.05, 3.63) is 22.7 Å². The van der Waals surface area contributed by atoms with Crippen LogP contribution in [0.1, 0.15) is 103 Å². The zero-order valence-corrected chi connectivity index (χ0v) is 20.4. The van der Waals surface area contributed by atoms with E-state index in [1.807, 2.05) is 0 Å². The minimum atomic E-state index is -1.02. The van der Waals surface area contributed by atoms with Gasteiger partial charge in [-0.15, -0.1) is 0 Å². The second-order valence-corrected chi connectivity index (χ2v) is 9.21. The second kappa shape index (κ2) is 16.2. The van der Waals surface area contributed by atoms with Crippen LogP contribution in [0.5, 0.6) is 0 Å². The van der Waals surface area contributed by atoms with Crippen LogP contribution in [0.2, 0.25) is 0 Å². The van der Waals surface area contributed by atoms with Gasteiger partial charge in [0.2, 0.25) is 0 Å². The van der Waals surface area contributed by atoms with Gasteiger partial charge in [0.15, 0.2) is 6.23 Å². The van der Waals surface area contributed by atoms with Crippen LogP contribution >= 0.6 is 0 Å². The molecule has 2 rings (SSSR count). The van der Waals surface area contributed by atoms with E-state index in [1.54, 1.807) is 0 Å². The third kappa shape index (κ3) is 9.73. The first-order chi connectivity index (χ1) is 16.1. The predicted molar refractivity (Wildman–Crippen MR) is 130 cm³/mol. The fourth-order valence-electron chi connectivity index (χ4n) is 4.41. The van der Waals surface area contributed by atoms with Gasteiger partial charge < -0.3 is 25.4 Å². The molecule has 0 aromatic carbocycles. The molecule has 0 radical (unpaired) electrons. The van der Waals surface area contributed by atoms with E-state index in [-0.39, 0.29) is 12.4 Å². The monoisotopic (exact) mass is 467 g/mol. The van der Waals surface area contributed by atoms with Crippen molar-refractivity contribution in [3.63, 3.8) is 0 Å². The largest absolute Gasteiger partial charge is 0.394 e. The van der Waals surface area contributed by atoms with Gasteiger partial charge in [0.05, 0.1) is 6.61 Å². The summed E-state index contributed by atoms with van der Waals surface area (Å²) in [6.45, 7) is 2.37. The fourth-order valence-corrected chi connectivity index (χ4v) is 4.41. The molecule has 190 valence electrons. The highest BCUT2D eigenvalue weighted by Crippen LogP contribution is 2.31. The summed E-state index contributed by atoms with van der Waals surface area (Å²) in [6.07, 6.45) is 16.0. The topological polar surface area (TPSA) is 120 Å². The molecule has 4 N–H and O–H groups in total. The average Bonchev–Trinajstić information content (AvgIpc) is 3.11. The number of nitrogens with zero attached hydrogens (tertiary/aromatic N) is 2. The molecule has 0 bridgehead atoms. The normalized spacial score (nSPS) is 22.8. The van der Waals surface area contributed by atoms with Gasteiger partial charge in [0.1, 0.15) is 24.1 Å². The standard InChI is InChI=1S/C25H45N3O5/c1-2-3-4-5-6-7-8-9-10-11-12-13-14-15-18-32-23-22(30)20(19-29)33-24(23)28-17-16-21(26)27-25(28)31/h16-17,20,22-24,29-30H,2-15,18-19H2,1H3,(H2,26,27,31)/t20-,22+,23-,24-/m1/s1. The number of anilines is 1. The smallest absolute Gasteiger partial charge is 0.351 e. The third-order valence-corrected chi connectivity index (χ3v) is 6.43. The van der Waals surface area contributed by atoms with Crippen LogP contribution in [-0.2, 0) is 9.47 Å². The average molecular weight is 468 g/mol. The van der Waals surface area contributed by atoms with E-state index >= 15 is 0 Å². The Morgan fingerprint density at radius 2 is 1.55 bits per heavy atom. The Bertz CT molecular complexity index is 699. The van der Waals surface area contributed by atoms with Gasteiger partial charge in [-0.3, -0.25) is 4.57 Å². The maximum absolute atomic E-state index is 12.2. The predicted octanol–water partition coefficient (Wildman–Crippen LogP) is 3.94. The van der Waals surface area contributed by atoms with Crippen molar-refractivity contribution < 1.29 is 19.7 Å². The Hall–Kier alpha value is -1.48. The minimum absolute atomic E-state index is 0.119. The summed E-state index contributed by atoms with van der Waals surface area (Å²) in [5.41, 5.74) is 4.98. The van der Waals surface area contributed by atoms with E-state index in [9.17, 15) is 15.0 Å². The molecule has 2 heterocycles. The van der Waals surface area contributed by atoms with Crippen molar-refractivity contribution in [2.75, 3.05) is 18.9 Å². The highest BCUT2D eigenvalue weighted by atomic mass is 16.6. The van der Waals surface area contributed by atoms with Gasteiger partial charge in [-0.25, -0.2) is 4.79 Å². The van der Waals surface area contributed by atoms with Gasteiger partial charge in [-0.05, 0) is 12.5 Å². The quantitative estimate of drug-likeness (QED) is 0.280. The van der Waals surface area contributed by atoms with Crippen molar-refractivity contribution in [2.45, 2.75) is 121 Å². The Morgan fingerprint density at radius 1 is 1.00 bits per heavy atom. The zero-order chi connectivity index (χ0) is 23.9. The molecule has 8 nitrogen and oxygen atoms in total. The summed E-state index contributed by atoms with van der Waals surface area (Å²) in [5.74, 6) is 0.119. The first kappa shape index (κ1) is 27.8. The number of aromatic nitrogens is 2. The minimum Gasteiger partial charge on any atom is -0.394 e. The van der Waals surface area contributed by atoms with E-state index in [0.717, 1.165) is 12.8 Å². The summed E-state index contributed by atoms with van der Waals surface area (Å²) in [4.78, 5) is 15.9. The number of nitrogens with two attached hydrogens (primary N) is 1. The summed E-state index contributed by atoms with van der Waals surface area (Å²) < 4.78 is 12.8. The second-order valence-electron chi connectivity index (χ2n) is 9.21.